The molecule has 0 fully saturated rings. The molecule has 0 aliphatic heterocycles. The van der Waals surface area contributed by atoms with Crippen molar-refractivity contribution in [2.75, 3.05) is 18.2 Å². The lowest BCUT2D eigenvalue weighted by Gasteiger charge is -2.10. The summed E-state index contributed by atoms with van der Waals surface area (Å²) in [5.74, 6) is 0.521. The molecule has 2 aromatic carbocycles. The summed E-state index contributed by atoms with van der Waals surface area (Å²) in [6.07, 6.45) is 0.289. The molecule has 0 spiro atoms. The highest BCUT2D eigenvalue weighted by Crippen LogP contribution is 2.26. The first-order valence-corrected chi connectivity index (χ1v) is 10.5. The molecule has 0 unspecified atom stereocenters. The second-order valence-corrected chi connectivity index (χ2v) is 8.63. The summed E-state index contributed by atoms with van der Waals surface area (Å²) in [6, 6.07) is 12.1. The van der Waals surface area contributed by atoms with Crippen molar-refractivity contribution in [3.63, 3.8) is 0 Å². The van der Waals surface area contributed by atoms with Gasteiger partial charge in [0.25, 0.3) is 0 Å². The van der Waals surface area contributed by atoms with Crippen molar-refractivity contribution in [3.05, 3.63) is 46.9 Å². The molecule has 0 saturated heterocycles. The summed E-state index contributed by atoms with van der Waals surface area (Å²) < 4.78 is 29.1. The summed E-state index contributed by atoms with van der Waals surface area (Å²) in [4.78, 5) is 12.9. The van der Waals surface area contributed by atoms with Crippen LogP contribution in [-0.2, 0) is 14.8 Å². The molecule has 0 aliphatic carbocycles. The first kappa shape index (κ1) is 19.8. The van der Waals surface area contributed by atoms with Crippen LogP contribution in [0.4, 0.5) is 5.69 Å². The van der Waals surface area contributed by atoms with E-state index in [1.165, 1.54) is 19.2 Å². The van der Waals surface area contributed by atoms with E-state index in [0.717, 1.165) is 9.37 Å². The van der Waals surface area contributed by atoms with Crippen LogP contribution in [0.15, 0.2) is 56.7 Å². The van der Waals surface area contributed by atoms with Gasteiger partial charge < -0.3 is 10.1 Å². The fourth-order valence-electron chi connectivity index (χ4n) is 1.99. The number of amides is 1. The van der Waals surface area contributed by atoms with Crippen molar-refractivity contribution in [2.24, 2.45) is 5.14 Å². The summed E-state index contributed by atoms with van der Waals surface area (Å²) in [5, 5.41) is 7.83. The van der Waals surface area contributed by atoms with Crippen LogP contribution in [-0.4, -0.2) is 27.2 Å². The van der Waals surface area contributed by atoms with Crippen LogP contribution >= 0.6 is 27.7 Å². The molecule has 9 heteroatoms. The van der Waals surface area contributed by atoms with E-state index in [4.69, 9.17) is 9.88 Å². The van der Waals surface area contributed by atoms with Crippen LogP contribution in [0.25, 0.3) is 0 Å². The second kappa shape index (κ2) is 8.70. The number of hydrogen-bond acceptors (Lipinski definition) is 5. The standard InChI is InChI=1S/C16H17BrN2O4S2/c1-23-14-7-4-12(10-15(14)25(18,21)22)19-16(20)8-9-24-13-5-2-11(17)3-6-13/h2-7,10H,8-9H2,1H3,(H,19,20)(H2,18,21,22). The number of rotatable bonds is 7. The van der Waals surface area contributed by atoms with Gasteiger partial charge in [-0.2, -0.15) is 0 Å². The van der Waals surface area contributed by atoms with Gasteiger partial charge in [-0.3, -0.25) is 4.79 Å². The van der Waals surface area contributed by atoms with E-state index >= 15 is 0 Å². The van der Waals surface area contributed by atoms with E-state index in [1.807, 2.05) is 24.3 Å². The molecule has 0 heterocycles. The maximum Gasteiger partial charge on any atom is 0.241 e. The predicted octanol–water partition coefficient (Wildman–Crippen LogP) is 3.23. The van der Waals surface area contributed by atoms with Gasteiger partial charge >= 0.3 is 0 Å². The normalized spacial score (nSPS) is 11.2. The highest BCUT2D eigenvalue weighted by atomic mass is 79.9. The van der Waals surface area contributed by atoms with Gasteiger partial charge in [0.15, 0.2) is 0 Å². The molecule has 2 aromatic rings. The number of hydrogen-bond donors (Lipinski definition) is 2. The van der Waals surface area contributed by atoms with E-state index in [9.17, 15) is 13.2 Å². The Morgan fingerprint density at radius 3 is 2.52 bits per heavy atom. The minimum Gasteiger partial charge on any atom is -0.495 e. The van der Waals surface area contributed by atoms with Crippen molar-refractivity contribution in [3.8, 4) is 5.75 Å². The summed E-state index contributed by atoms with van der Waals surface area (Å²) in [5.41, 5.74) is 0.350. The Kier molecular flexibility index (Phi) is 6.88. The van der Waals surface area contributed by atoms with Crippen molar-refractivity contribution in [1.82, 2.24) is 0 Å². The predicted molar refractivity (Wildman–Crippen MR) is 102 cm³/mol. The zero-order chi connectivity index (χ0) is 18.4. The molecular formula is C16H17BrN2O4S2. The van der Waals surface area contributed by atoms with E-state index in [0.29, 0.717) is 11.4 Å². The van der Waals surface area contributed by atoms with Gasteiger partial charge in [-0.1, -0.05) is 15.9 Å². The summed E-state index contributed by atoms with van der Waals surface area (Å²) in [6.45, 7) is 0. The fraction of sp³-hybridized carbons (Fsp3) is 0.188. The summed E-state index contributed by atoms with van der Waals surface area (Å²) in [7, 11) is -2.60. The number of methoxy groups -OCH3 is 1. The second-order valence-electron chi connectivity index (χ2n) is 5.01. The lowest BCUT2D eigenvalue weighted by atomic mass is 10.3. The Balaban J connectivity index is 1.95. The van der Waals surface area contributed by atoms with Crippen LogP contribution in [0.1, 0.15) is 6.42 Å². The molecule has 6 nitrogen and oxygen atoms in total. The van der Waals surface area contributed by atoms with Gasteiger partial charge in [-0.25, -0.2) is 13.6 Å². The third-order valence-electron chi connectivity index (χ3n) is 3.17. The van der Waals surface area contributed by atoms with Crippen LogP contribution in [0.2, 0.25) is 0 Å². The van der Waals surface area contributed by atoms with Crippen molar-refractivity contribution in [2.45, 2.75) is 16.2 Å². The molecular weight excluding hydrogens is 428 g/mol. The number of carbonyl (C=O) groups is 1. The Bertz CT molecular complexity index is 855. The van der Waals surface area contributed by atoms with E-state index in [-0.39, 0.29) is 23.0 Å². The molecule has 2 rings (SSSR count). The maximum atomic E-state index is 12.0. The molecule has 3 N–H and O–H groups in total. The van der Waals surface area contributed by atoms with E-state index in [1.54, 1.807) is 17.8 Å². The summed E-state index contributed by atoms with van der Waals surface area (Å²) >= 11 is 4.93. The van der Waals surface area contributed by atoms with Gasteiger partial charge in [-0.05, 0) is 42.5 Å². The van der Waals surface area contributed by atoms with Crippen LogP contribution in [0, 0.1) is 0 Å². The Labute approximate surface area is 159 Å². The number of nitrogens with one attached hydrogen (secondary N) is 1. The van der Waals surface area contributed by atoms with Gasteiger partial charge in [0.1, 0.15) is 10.6 Å². The number of anilines is 1. The maximum absolute atomic E-state index is 12.0. The average molecular weight is 445 g/mol. The van der Waals surface area contributed by atoms with Gasteiger partial charge in [0.05, 0.1) is 7.11 Å². The van der Waals surface area contributed by atoms with Crippen molar-refractivity contribution < 1.29 is 17.9 Å². The Hall–Kier alpha value is -1.55. The minimum atomic E-state index is -3.94. The minimum absolute atomic E-state index is 0.131. The van der Waals surface area contributed by atoms with Gasteiger partial charge in [0.2, 0.25) is 15.9 Å². The molecule has 0 radical (unpaired) electrons. The topological polar surface area (TPSA) is 98.5 Å². The molecule has 0 bridgehead atoms. The highest BCUT2D eigenvalue weighted by molar-refractivity contribution is 9.10. The zero-order valence-corrected chi connectivity index (χ0v) is 16.6. The fourth-order valence-corrected chi connectivity index (χ4v) is 3.83. The number of nitrogens with two attached hydrogens (primary N) is 1. The molecule has 134 valence electrons. The lowest BCUT2D eigenvalue weighted by Crippen LogP contribution is -2.16. The number of primary sulfonamides is 1. The number of halogens is 1. The SMILES string of the molecule is COc1ccc(NC(=O)CCSc2ccc(Br)cc2)cc1S(N)(=O)=O. The third kappa shape index (κ3) is 6.03. The van der Waals surface area contributed by atoms with Crippen LogP contribution in [0.3, 0.4) is 0 Å². The number of carbonyl (C=O) groups excluding carboxylic acids is 1. The number of thioether (sulfide) groups is 1. The van der Waals surface area contributed by atoms with Crippen LogP contribution in [0.5, 0.6) is 5.75 Å². The quantitative estimate of drug-likeness (QED) is 0.638. The number of benzene rings is 2. The Morgan fingerprint density at radius 1 is 1.24 bits per heavy atom. The molecule has 25 heavy (non-hydrogen) atoms. The molecule has 1 amide bonds. The average Bonchev–Trinajstić information content (AvgIpc) is 2.56. The zero-order valence-electron chi connectivity index (χ0n) is 13.4. The van der Waals surface area contributed by atoms with E-state index < -0.39 is 10.0 Å². The first-order valence-electron chi connectivity index (χ1n) is 7.18. The highest BCUT2D eigenvalue weighted by Gasteiger charge is 2.16. The first-order chi connectivity index (χ1) is 11.8. The third-order valence-corrected chi connectivity index (χ3v) is 5.64. The Morgan fingerprint density at radius 2 is 1.92 bits per heavy atom. The van der Waals surface area contributed by atoms with Crippen LogP contribution < -0.4 is 15.2 Å². The molecule has 0 atom stereocenters. The number of sulfonamides is 1. The number of ether oxygens (including phenoxy) is 1. The molecule has 0 saturated carbocycles. The van der Waals surface area contributed by atoms with Gasteiger partial charge in [0, 0.05) is 27.2 Å². The smallest absolute Gasteiger partial charge is 0.241 e. The van der Waals surface area contributed by atoms with Gasteiger partial charge in [-0.15, -0.1) is 11.8 Å². The largest absolute Gasteiger partial charge is 0.495 e. The lowest BCUT2D eigenvalue weighted by molar-refractivity contribution is -0.115. The monoisotopic (exact) mass is 444 g/mol. The van der Waals surface area contributed by atoms with E-state index in [2.05, 4.69) is 21.2 Å². The molecule has 0 aromatic heterocycles. The molecule has 0 aliphatic rings. The van der Waals surface area contributed by atoms with Crippen molar-refractivity contribution >= 4 is 49.3 Å². The van der Waals surface area contributed by atoms with Crippen molar-refractivity contribution in [1.29, 1.82) is 0 Å².